The molecule has 0 radical (unpaired) electrons. The average molecular weight is 376 g/mol. The Labute approximate surface area is 151 Å². The maximum Gasteiger partial charge on any atom is 0.391 e. The third kappa shape index (κ3) is 5.59. The van der Waals surface area contributed by atoms with Crippen LogP contribution in [0.5, 0.6) is 0 Å². The SMILES string of the molecule is CN=C(NCc1nc(C(C)C)c(C)s1)NC1CCC(C(F)(F)F)CC1. The largest absolute Gasteiger partial charge is 0.391 e. The summed E-state index contributed by atoms with van der Waals surface area (Å²) >= 11 is 1.66. The van der Waals surface area contributed by atoms with E-state index in [1.165, 1.54) is 4.88 Å². The molecule has 0 atom stereocenters. The molecule has 1 saturated carbocycles. The van der Waals surface area contributed by atoms with E-state index in [0.29, 0.717) is 31.3 Å². The highest BCUT2D eigenvalue weighted by atomic mass is 32.1. The number of aliphatic imine (C=N–C) groups is 1. The van der Waals surface area contributed by atoms with E-state index in [0.717, 1.165) is 10.7 Å². The van der Waals surface area contributed by atoms with Gasteiger partial charge in [0.25, 0.3) is 0 Å². The molecular formula is C17H27F3N4S. The van der Waals surface area contributed by atoms with E-state index in [1.807, 2.05) is 0 Å². The predicted octanol–water partition coefficient (Wildman–Crippen LogP) is 4.36. The summed E-state index contributed by atoms with van der Waals surface area (Å²) < 4.78 is 38.2. The number of halogens is 3. The van der Waals surface area contributed by atoms with Gasteiger partial charge in [-0.25, -0.2) is 4.98 Å². The Morgan fingerprint density at radius 3 is 2.40 bits per heavy atom. The molecule has 1 aliphatic rings. The fourth-order valence-electron chi connectivity index (χ4n) is 3.19. The Kier molecular flexibility index (Phi) is 6.71. The van der Waals surface area contributed by atoms with Crippen molar-refractivity contribution in [3.05, 3.63) is 15.6 Å². The van der Waals surface area contributed by atoms with E-state index in [2.05, 4.69) is 41.4 Å². The van der Waals surface area contributed by atoms with Crippen LogP contribution < -0.4 is 10.6 Å². The van der Waals surface area contributed by atoms with E-state index < -0.39 is 12.1 Å². The number of hydrogen-bond donors (Lipinski definition) is 2. The van der Waals surface area contributed by atoms with Crippen molar-refractivity contribution in [3.8, 4) is 0 Å². The summed E-state index contributed by atoms with van der Waals surface area (Å²) in [6, 6.07) is 0.0362. The maximum atomic E-state index is 12.7. The van der Waals surface area contributed by atoms with Crippen LogP contribution in [0, 0.1) is 12.8 Å². The molecule has 0 aliphatic heterocycles. The van der Waals surface area contributed by atoms with E-state index >= 15 is 0 Å². The van der Waals surface area contributed by atoms with Gasteiger partial charge in [0.2, 0.25) is 0 Å². The van der Waals surface area contributed by atoms with Gasteiger partial charge in [-0.2, -0.15) is 13.2 Å². The van der Waals surface area contributed by atoms with Gasteiger partial charge < -0.3 is 10.6 Å². The lowest BCUT2D eigenvalue weighted by Gasteiger charge is -2.31. The van der Waals surface area contributed by atoms with Gasteiger partial charge in [0.15, 0.2) is 5.96 Å². The molecule has 2 rings (SSSR count). The highest BCUT2D eigenvalue weighted by Crippen LogP contribution is 2.37. The Hall–Kier alpha value is -1.31. The summed E-state index contributed by atoms with van der Waals surface area (Å²) in [6.45, 7) is 6.88. The summed E-state index contributed by atoms with van der Waals surface area (Å²) in [5, 5.41) is 7.45. The molecular weight excluding hydrogens is 349 g/mol. The van der Waals surface area contributed by atoms with Gasteiger partial charge in [-0.3, -0.25) is 4.99 Å². The first kappa shape index (κ1) is 20.0. The van der Waals surface area contributed by atoms with Gasteiger partial charge >= 0.3 is 6.18 Å². The molecule has 0 spiro atoms. The second kappa shape index (κ2) is 8.38. The minimum Gasteiger partial charge on any atom is -0.354 e. The van der Waals surface area contributed by atoms with Crippen LogP contribution in [-0.2, 0) is 6.54 Å². The number of rotatable bonds is 4. The second-order valence-electron chi connectivity index (χ2n) is 6.86. The summed E-state index contributed by atoms with van der Waals surface area (Å²) in [4.78, 5) is 10.0. The first-order chi connectivity index (χ1) is 11.7. The lowest BCUT2D eigenvalue weighted by molar-refractivity contribution is -0.182. The van der Waals surface area contributed by atoms with Crippen LogP contribution >= 0.6 is 11.3 Å². The van der Waals surface area contributed by atoms with E-state index in [-0.39, 0.29) is 18.9 Å². The van der Waals surface area contributed by atoms with Crippen LogP contribution in [0.2, 0.25) is 0 Å². The molecule has 8 heteroatoms. The summed E-state index contributed by atoms with van der Waals surface area (Å²) in [5.41, 5.74) is 1.12. The van der Waals surface area contributed by atoms with E-state index in [4.69, 9.17) is 0 Å². The van der Waals surface area contributed by atoms with Crippen LogP contribution in [-0.4, -0.2) is 30.2 Å². The smallest absolute Gasteiger partial charge is 0.354 e. The first-order valence-corrected chi connectivity index (χ1v) is 9.52. The highest BCUT2D eigenvalue weighted by Gasteiger charge is 2.41. The van der Waals surface area contributed by atoms with Crippen LogP contribution in [0.4, 0.5) is 13.2 Å². The molecule has 1 aliphatic carbocycles. The second-order valence-corrected chi connectivity index (χ2v) is 8.15. The molecule has 0 saturated heterocycles. The number of nitrogens with one attached hydrogen (secondary N) is 2. The van der Waals surface area contributed by atoms with Crippen molar-refractivity contribution in [2.45, 2.75) is 71.1 Å². The summed E-state index contributed by atoms with van der Waals surface area (Å²) in [6.07, 6.45) is -2.68. The van der Waals surface area contributed by atoms with Crippen molar-refractivity contribution >= 4 is 17.3 Å². The number of alkyl halides is 3. The molecule has 4 nitrogen and oxygen atoms in total. The first-order valence-electron chi connectivity index (χ1n) is 8.70. The van der Waals surface area contributed by atoms with Crippen molar-refractivity contribution in [2.75, 3.05) is 7.05 Å². The van der Waals surface area contributed by atoms with Crippen molar-refractivity contribution in [1.29, 1.82) is 0 Å². The number of guanidine groups is 1. The van der Waals surface area contributed by atoms with Gasteiger partial charge in [0.1, 0.15) is 5.01 Å². The van der Waals surface area contributed by atoms with Crippen molar-refractivity contribution < 1.29 is 13.2 Å². The molecule has 0 amide bonds. The zero-order valence-corrected chi connectivity index (χ0v) is 16.0. The minimum atomic E-state index is -4.07. The normalized spacial score (nSPS) is 22.3. The highest BCUT2D eigenvalue weighted by molar-refractivity contribution is 7.11. The van der Waals surface area contributed by atoms with Crippen molar-refractivity contribution in [2.24, 2.45) is 10.9 Å². The van der Waals surface area contributed by atoms with Gasteiger partial charge in [-0.1, -0.05) is 13.8 Å². The zero-order valence-electron chi connectivity index (χ0n) is 15.2. The van der Waals surface area contributed by atoms with Crippen LogP contribution in [0.15, 0.2) is 4.99 Å². The monoisotopic (exact) mass is 376 g/mol. The summed E-state index contributed by atoms with van der Waals surface area (Å²) in [5.74, 6) is -0.145. The van der Waals surface area contributed by atoms with Gasteiger partial charge in [-0.05, 0) is 38.5 Å². The van der Waals surface area contributed by atoms with Crippen LogP contribution in [0.3, 0.4) is 0 Å². The van der Waals surface area contributed by atoms with Crippen molar-refractivity contribution in [3.63, 3.8) is 0 Å². The quantitative estimate of drug-likeness (QED) is 0.606. The van der Waals surface area contributed by atoms with Crippen LogP contribution in [0.25, 0.3) is 0 Å². The number of nitrogens with zero attached hydrogens (tertiary/aromatic N) is 2. The van der Waals surface area contributed by atoms with Gasteiger partial charge in [-0.15, -0.1) is 11.3 Å². The molecule has 0 bridgehead atoms. The third-order valence-electron chi connectivity index (χ3n) is 4.59. The Balaban J connectivity index is 1.83. The Morgan fingerprint density at radius 1 is 1.28 bits per heavy atom. The predicted molar refractivity (Wildman–Crippen MR) is 96.1 cm³/mol. The molecule has 1 fully saturated rings. The maximum absolute atomic E-state index is 12.7. The van der Waals surface area contributed by atoms with E-state index in [1.54, 1.807) is 18.4 Å². The number of aryl methyl sites for hydroxylation is 1. The average Bonchev–Trinajstić information content (AvgIpc) is 2.92. The van der Waals surface area contributed by atoms with Crippen LogP contribution in [0.1, 0.15) is 61.0 Å². The molecule has 1 aromatic heterocycles. The number of thiazole rings is 1. The molecule has 1 heterocycles. The molecule has 2 N–H and O–H groups in total. The lowest BCUT2D eigenvalue weighted by Crippen LogP contribution is -2.45. The lowest BCUT2D eigenvalue weighted by atomic mass is 9.85. The topological polar surface area (TPSA) is 49.3 Å². The van der Waals surface area contributed by atoms with E-state index in [9.17, 15) is 13.2 Å². The van der Waals surface area contributed by atoms with Crippen molar-refractivity contribution in [1.82, 2.24) is 15.6 Å². The fourth-order valence-corrected chi connectivity index (χ4v) is 4.22. The molecule has 0 aromatic carbocycles. The molecule has 25 heavy (non-hydrogen) atoms. The Bertz CT molecular complexity index is 587. The molecule has 142 valence electrons. The van der Waals surface area contributed by atoms with Gasteiger partial charge in [0, 0.05) is 18.0 Å². The Morgan fingerprint density at radius 2 is 1.92 bits per heavy atom. The molecule has 1 aromatic rings. The molecule has 0 unspecified atom stereocenters. The number of hydrogen-bond acceptors (Lipinski definition) is 3. The summed E-state index contributed by atoms with van der Waals surface area (Å²) in [7, 11) is 1.67. The fraction of sp³-hybridized carbons (Fsp3) is 0.765. The minimum absolute atomic E-state index is 0.0362. The number of aromatic nitrogens is 1. The third-order valence-corrected chi connectivity index (χ3v) is 5.57. The zero-order chi connectivity index (χ0) is 18.6. The standard InChI is InChI=1S/C17H27F3N4S/c1-10(2)15-11(3)25-14(24-15)9-22-16(21-4)23-13-7-5-12(6-8-13)17(18,19)20/h10,12-13H,5-9H2,1-4H3,(H2,21,22,23). The van der Waals surface area contributed by atoms with Gasteiger partial charge in [0.05, 0.1) is 18.2 Å².